The zero-order valence-corrected chi connectivity index (χ0v) is 11.5. The van der Waals surface area contributed by atoms with Gasteiger partial charge < -0.3 is 5.32 Å². The normalized spacial score (nSPS) is 22.2. The Morgan fingerprint density at radius 2 is 1.81 bits per heavy atom. The molecule has 1 aliphatic carbocycles. The van der Waals surface area contributed by atoms with Crippen molar-refractivity contribution in [2.75, 3.05) is 11.5 Å². The minimum absolute atomic E-state index is 0.0700. The molecular weight excluding hydrogens is 222 g/mol. The third-order valence-corrected chi connectivity index (χ3v) is 5.49. The third-order valence-electron chi connectivity index (χ3n) is 3.60. The zero-order valence-electron chi connectivity index (χ0n) is 10.7. The predicted octanol–water partition coefficient (Wildman–Crippen LogP) is 1.98. The number of rotatable bonds is 6. The Morgan fingerprint density at radius 3 is 2.31 bits per heavy atom. The summed E-state index contributed by atoms with van der Waals surface area (Å²) in [7, 11) is -2.85. The van der Waals surface area contributed by atoms with E-state index in [0.717, 1.165) is 5.92 Å². The van der Waals surface area contributed by atoms with Gasteiger partial charge in [-0.15, -0.1) is 0 Å². The summed E-state index contributed by atoms with van der Waals surface area (Å²) in [6, 6.07) is 0.519. The van der Waals surface area contributed by atoms with Gasteiger partial charge in [0, 0.05) is 17.8 Å². The van der Waals surface area contributed by atoms with Crippen molar-refractivity contribution in [2.24, 2.45) is 5.92 Å². The third kappa shape index (κ3) is 4.42. The van der Waals surface area contributed by atoms with Crippen LogP contribution in [-0.2, 0) is 9.84 Å². The van der Waals surface area contributed by atoms with Crippen LogP contribution in [0, 0.1) is 5.92 Å². The summed E-state index contributed by atoms with van der Waals surface area (Å²) >= 11 is 0. The van der Waals surface area contributed by atoms with Crippen LogP contribution < -0.4 is 5.32 Å². The maximum Gasteiger partial charge on any atom is 0.151 e. The molecule has 0 aromatic heterocycles. The van der Waals surface area contributed by atoms with Gasteiger partial charge in [-0.25, -0.2) is 8.42 Å². The van der Waals surface area contributed by atoms with Gasteiger partial charge in [0.1, 0.15) is 0 Å². The van der Waals surface area contributed by atoms with E-state index in [1.807, 2.05) is 6.92 Å². The molecule has 2 atom stereocenters. The average molecular weight is 247 g/mol. The number of hydrogen-bond donors (Lipinski definition) is 1. The summed E-state index contributed by atoms with van der Waals surface area (Å²) in [6.07, 6.45) is 5.25. The van der Waals surface area contributed by atoms with Crippen LogP contribution in [0.5, 0.6) is 0 Å². The molecule has 1 aliphatic rings. The highest BCUT2D eigenvalue weighted by Crippen LogP contribution is 2.27. The molecule has 1 fully saturated rings. The fourth-order valence-electron chi connectivity index (χ4n) is 2.59. The van der Waals surface area contributed by atoms with Crippen LogP contribution in [0.2, 0.25) is 0 Å². The average Bonchev–Trinajstić information content (AvgIpc) is 2.69. The van der Waals surface area contributed by atoms with Crippen LogP contribution in [0.25, 0.3) is 0 Å². The standard InChI is InChI=1S/C12H25NO2S/c1-4-16(14,15)9-10(2)13-11(3)12-7-5-6-8-12/h10-13H,4-9H2,1-3H3/t10?,11-/m1/s1. The van der Waals surface area contributed by atoms with Gasteiger partial charge in [-0.3, -0.25) is 0 Å². The molecule has 4 heteroatoms. The summed E-state index contributed by atoms with van der Waals surface area (Å²) in [4.78, 5) is 0. The van der Waals surface area contributed by atoms with Crippen LogP contribution in [0.1, 0.15) is 46.5 Å². The topological polar surface area (TPSA) is 46.2 Å². The van der Waals surface area contributed by atoms with Gasteiger partial charge in [-0.1, -0.05) is 19.8 Å². The monoisotopic (exact) mass is 247 g/mol. The molecule has 96 valence electrons. The Bertz CT molecular complexity index is 294. The maximum absolute atomic E-state index is 11.5. The largest absolute Gasteiger partial charge is 0.310 e. The van der Waals surface area contributed by atoms with Gasteiger partial charge in [-0.2, -0.15) is 0 Å². The highest BCUT2D eigenvalue weighted by Gasteiger charge is 2.23. The summed E-state index contributed by atoms with van der Waals surface area (Å²) in [5.74, 6) is 1.25. The van der Waals surface area contributed by atoms with E-state index < -0.39 is 9.84 Å². The van der Waals surface area contributed by atoms with Gasteiger partial charge in [0.05, 0.1) is 5.75 Å². The van der Waals surface area contributed by atoms with Gasteiger partial charge in [0.15, 0.2) is 9.84 Å². The lowest BCUT2D eigenvalue weighted by Crippen LogP contribution is -2.42. The van der Waals surface area contributed by atoms with Crippen LogP contribution in [0.3, 0.4) is 0 Å². The highest BCUT2D eigenvalue weighted by molar-refractivity contribution is 7.91. The van der Waals surface area contributed by atoms with Gasteiger partial charge in [-0.05, 0) is 32.6 Å². The second-order valence-corrected chi connectivity index (χ2v) is 7.50. The van der Waals surface area contributed by atoms with Crippen molar-refractivity contribution >= 4 is 9.84 Å². The quantitative estimate of drug-likeness (QED) is 0.780. The predicted molar refractivity (Wildman–Crippen MR) is 68.3 cm³/mol. The molecule has 0 aromatic carbocycles. The van der Waals surface area contributed by atoms with Gasteiger partial charge >= 0.3 is 0 Å². The molecule has 0 amide bonds. The highest BCUT2D eigenvalue weighted by atomic mass is 32.2. The maximum atomic E-state index is 11.5. The van der Waals surface area contributed by atoms with E-state index in [2.05, 4.69) is 12.2 Å². The molecule has 3 nitrogen and oxygen atoms in total. The lowest BCUT2D eigenvalue weighted by molar-refractivity contribution is 0.358. The number of sulfone groups is 1. The van der Waals surface area contributed by atoms with E-state index in [-0.39, 0.29) is 17.5 Å². The minimum Gasteiger partial charge on any atom is -0.310 e. The number of nitrogens with one attached hydrogen (secondary N) is 1. The van der Waals surface area contributed by atoms with Crippen molar-refractivity contribution < 1.29 is 8.42 Å². The van der Waals surface area contributed by atoms with Crippen molar-refractivity contribution in [3.05, 3.63) is 0 Å². The smallest absolute Gasteiger partial charge is 0.151 e. The van der Waals surface area contributed by atoms with Crippen molar-refractivity contribution in [1.82, 2.24) is 5.32 Å². The van der Waals surface area contributed by atoms with E-state index in [0.29, 0.717) is 6.04 Å². The van der Waals surface area contributed by atoms with E-state index in [1.54, 1.807) is 6.92 Å². The van der Waals surface area contributed by atoms with Gasteiger partial charge in [0.2, 0.25) is 0 Å². The first-order chi connectivity index (χ1) is 7.44. The summed E-state index contributed by atoms with van der Waals surface area (Å²) < 4.78 is 22.9. The lowest BCUT2D eigenvalue weighted by atomic mass is 9.99. The molecule has 1 rings (SSSR count). The second kappa shape index (κ2) is 6.01. The summed E-state index contributed by atoms with van der Waals surface area (Å²) in [5.41, 5.74) is 0. The Morgan fingerprint density at radius 1 is 1.25 bits per heavy atom. The molecule has 0 radical (unpaired) electrons. The van der Waals surface area contributed by atoms with Crippen molar-refractivity contribution in [2.45, 2.75) is 58.5 Å². The molecule has 16 heavy (non-hydrogen) atoms. The molecule has 0 saturated heterocycles. The molecule has 0 aromatic rings. The molecule has 1 saturated carbocycles. The van der Waals surface area contributed by atoms with Crippen molar-refractivity contribution in [1.29, 1.82) is 0 Å². The van der Waals surface area contributed by atoms with Crippen LogP contribution in [0.15, 0.2) is 0 Å². The Hall–Kier alpha value is -0.0900. The van der Waals surface area contributed by atoms with E-state index >= 15 is 0 Å². The SMILES string of the molecule is CCS(=O)(=O)CC(C)N[C@H](C)C1CCCC1. The fourth-order valence-corrected chi connectivity index (χ4v) is 3.68. The Kier molecular flexibility index (Phi) is 5.25. The van der Waals surface area contributed by atoms with Crippen molar-refractivity contribution in [3.63, 3.8) is 0 Å². The Labute approximate surface area is 99.9 Å². The molecule has 0 aliphatic heterocycles. The molecule has 1 unspecified atom stereocenters. The van der Waals surface area contributed by atoms with E-state index in [9.17, 15) is 8.42 Å². The van der Waals surface area contributed by atoms with Crippen LogP contribution in [0.4, 0.5) is 0 Å². The Balaban J connectivity index is 2.35. The van der Waals surface area contributed by atoms with Gasteiger partial charge in [0.25, 0.3) is 0 Å². The summed E-state index contributed by atoms with van der Waals surface area (Å²) in [5, 5.41) is 3.43. The zero-order chi connectivity index (χ0) is 12.2. The number of hydrogen-bond acceptors (Lipinski definition) is 3. The van der Waals surface area contributed by atoms with E-state index in [4.69, 9.17) is 0 Å². The first-order valence-corrected chi connectivity index (χ1v) is 8.23. The molecule has 0 heterocycles. The minimum atomic E-state index is -2.85. The van der Waals surface area contributed by atoms with E-state index in [1.165, 1.54) is 25.7 Å². The molecule has 0 spiro atoms. The van der Waals surface area contributed by atoms with Crippen molar-refractivity contribution in [3.8, 4) is 0 Å². The van der Waals surface area contributed by atoms with Crippen LogP contribution >= 0.6 is 0 Å². The van der Waals surface area contributed by atoms with Crippen LogP contribution in [-0.4, -0.2) is 32.0 Å². The fraction of sp³-hybridized carbons (Fsp3) is 1.00. The molecular formula is C12H25NO2S. The lowest BCUT2D eigenvalue weighted by Gasteiger charge is -2.24. The second-order valence-electron chi connectivity index (χ2n) is 5.10. The first kappa shape index (κ1) is 14.0. The molecule has 1 N–H and O–H groups in total. The summed E-state index contributed by atoms with van der Waals surface area (Å²) in [6.45, 7) is 5.87. The first-order valence-electron chi connectivity index (χ1n) is 6.41. The molecule has 0 bridgehead atoms.